The van der Waals surface area contributed by atoms with Crippen LogP contribution in [-0.2, 0) is 0 Å². The van der Waals surface area contributed by atoms with Gasteiger partial charge < -0.3 is 5.32 Å². The molecule has 4 rings (SSSR count). The summed E-state index contributed by atoms with van der Waals surface area (Å²) in [7, 11) is 0. The Morgan fingerprint density at radius 1 is 1.00 bits per heavy atom. The molecule has 3 heteroatoms. The molecule has 3 heterocycles. The van der Waals surface area contributed by atoms with Crippen molar-refractivity contribution in [2.24, 2.45) is 0 Å². The Kier molecular flexibility index (Phi) is 2.73. The molecule has 19 heavy (non-hydrogen) atoms. The maximum absolute atomic E-state index is 4.78. The lowest BCUT2D eigenvalue weighted by Gasteiger charge is -2.22. The molecular weight excluding hydrogens is 234 g/mol. The largest absolute Gasteiger partial charge is 0.317 e. The summed E-state index contributed by atoms with van der Waals surface area (Å²) < 4.78 is 0. The van der Waals surface area contributed by atoms with Crippen LogP contribution in [0, 0.1) is 0 Å². The smallest absolute Gasteiger partial charge is 0.159 e. The fourth-order valence-corrected chi connectivity index (χ4v) is 3.03. The molecule has 1 aliphatic carbocycles. The van der Waals surface area contributed by atoms with Gasteiger partial charge in [0.15, 0.2) is 5.65 Å². The summed E-state index contributed by atoms with van der Waals surface area (Å²) in [6.07, 6.45) is 7.07. The van der Waals surface area contributed by atoms with Gasteiger partial charge in [0.1, 0.15) is 0 Å². The Hall–Kier alpha value is -1.48. The minimum Gasteiger partial charge on any atom is -0.317 e. The standard InChI is InChI=1S/C16H19N3/c1-2-11(1)14-9-13-3-4-15(19-16(13)18-10-14)12-5-7-17-8-6-12/h3-4,9-12,17H,1-2,5-8H2. The average Bonchev–Trinajstić information content (AvgIpc) is 3.32. The SMILES string of the molecule is c1nc2nc(C3CCNCC3)ccc2cc1C1CC1. The number of hydrogen-bond acceptors (Lipinski definition) is 3. The van der Waals surface area contributed by atoms with E-state index in [1.807, 2.05) is 6.20 Å². The van der Waals surface area contributed by atoms with Crippen molar-refractivity contribution >= 4 is 11.0 Å². The highest BCUT2D eigenvalue weighted by Crippen LogP contribution is 2.40. The van der Waals surface area contributed by atoms with Crippen LogP contribution in [0.3, 0.4) is 0 Å². The van der Waals surface area contributed by atoms with Gasteiger partial charge in [0.2, 0.25) is 0 Å². The number of fused-ring (bicyclic) bond motifs is 1. The van der Waals surface area contributed by atoms with E-state index in [0.29, 0.717) is 5.92 Å². The Morgan fingerprint density at radius 3 is 2.63 bits per heavy atom. The van der Waals surface area contributed by atoms with Crippen molar-refractivity contribution in [1.82, 2.24) is 15.3 Å². The molecule has 2 fully saturated rings. The van der Waals surface area contributed by atoms with Crippen LogP contribution >= 0.6 is 0 Å². The van der Waals surface area contributed by atoms with Crippen molar-refractivity contribution in [3.05, 3.63) is 35.7 Å². The van der Waals surface area contributed by atoms with E-state index in [1.165, 1.54) is 42.3 Å². The molecule has 0 unspecified atom stereocenters. The molecule has 1 saturated heterocycles. The van der Waals surface area contributed by atoms with E-state index < -0.39 is 0 Å². The van der Waals surface area contributed by atoms with Gasteiger partial charge in [-0.25, -0.2) is 9.97 Å². The second kappa shape index (κ2) is 4.57. The first-order valence-corrected chi connectivity index (χ1v) is 7.37. The van der Waals surface area contributed by atoms with Gasteiger partial charge in [-0.3, -0.25) is 0 Å². The summed E-state index contributed by atoms with van der Waals surface area (Å²) in [5, 5.41) is 4.60. The predicted octanol–water partition coefficient (Wildman–Crippen LogP) is 2.97. The zero-order valence-corrected chi connectivity index (χ0v) is 11.1. The third kappa shape index (κ3) is 2.23. The monoisotopic (exact) mass is 253 g/mol. The van der Waals surface area contributed by atoms with Gasteiger partial charge in [-0.1, -0.05) is 0 Å². The maximum Gasteiger partial charge on any atom is 0.159 e. The van der Waals surface area contributed by atoms with Crippen molar-refractivity contribution in [3.63, 3.8) is 0 Å². The maximum atomic E-state index is 4.78. The van der Waals surface area contributed by atoms with E-state index in [4.69, 9.17) is 4.98 Å². The molecular formula is C16H19N3. The second-order valence-corrected chi connectivity index (χ2v) is 5.85. The Labute approximate surface area is 113 Å². The van der Waals surface area contributed by atoms with Crippen molar-refractivity contribution in [2.75, 3.05) is 13.1 Å². The minimum atomic E-state index is 0.607. The lowest BCUT2D eigenvalue weighted by molar-refractivity contribution is 0.454. The lowest BCUT2D eigenvalue weighted by atomic mass is 9.94. The molecule has 0 spiro atoms. The van der Waals surface area contributed by atoms with Gasteiger partial charge in [0.25, 0.3) is 0 Å². The zero-order chi connectivity index (χ0) is 12.7. The molecule has 1 N–H and O–H groups in total. The molecule has 0 atom stereocenters. The lowest BCUT2D eigenvalue weighted by Crippen LogP contribution is -2.27. The number of nitrogens with zero attached hydrogens (tertiary/aromatic N) is 2. The van der Waals surface area contributed by atoms with E-state index in [-0.39, 0.29) is 0 Å². The number of hydrogen-bond donors (Lipinski definition) is 1. The predicted molar refractivity (Wildman–Crippen MR) is 76.4 cm³/mol. The zero-order valence-electron chi connectivity index (χ0n) is 11.1. The molecule has 2 aromatic heterocycles. The molecule has 3 nitrogen and oxygen atoms in total. The van der Waals surface area contributed by atoms with Crippen molar-refractivity contribution < 1.29 is 0 Å². The highest BCUT2D eigenvalue weighted by molar-refractivity contribution is 5.75. The fraction of sp³-hybridized carbons (Fsp3) is 0.500. The topological polar surface area (TPSA) is 37.8 Å². The molecule has 0 amide bonds. The van der Waals surface area contributed by atoms with Crippen LogP contribution in [0.25, 0.3) is 11.0 Å². The quantitative estimate of drug-likeness (QED) is 0.894. The summed E-state index contributed by atoms with van der Waals surface area (Å²) in [6.45, 7) is 2.22. The minimum absolute atomic E-state index is 0.607. The van der Waals surface area contributed by atoms with Crippen LogP contribution in [0.1, 0.15) is 48.8 Å². The second-order valence-electron chi connectivity index (χ2n) is 5.85. The van der Waals surface area contributed by atoms with Crippen molar-refractivity contribution in [2.45, 2.75) is 37.5 Å². The number of pyridine rings is 2. The van der Waals surface area contributed by atoms with Crippen LogP contribution in [0.4, 0.5) is 0 Å². The van der Waals surface area contributed by atoms with E-state index in [1.54, 1.807) is 0 Å². The highest BCUT2D eigenvalue weighted by Gasteiger charge is 2.24. The van der Waals surface area contributed by atoms with Crippen LogP contribution in [0.15, 0.2) is 24.4 Å². The fourth-order valence-electron chi connectivity index (χ4n) is 3.03. The van der Waals surface area contributed by atoms with E-state index in [9.17, 15) is 0 Å². The number of nitrogens with one attached hydrogen (secondary N) is 1. The summed E-state index contributed by atoms with van der Waals surface area (Å²) in [5.74, 6) is 1.37. The van der Waals surface area contributed by atoms with Gasteiger partial charge in [-0.2, -0.15) is 0 Å². The summed E-state index contributed by atoms with van der Waals surface area (Å²) in [4.78, 5) is 9.35. The van der Waals surface area contributed by atoms with Gasteiger partial charge in [-0.05, 0) is 68.5 Å². The highest BCUT2D eigenvalue weighted by atomic mass is 14.9. The summed E-state index contributed by atoms with van der Waals surface area (Å²) >= 11 is 0. The Bertz CT molecular complexity index is 598. The van der Waals surface area contributed by atoms with E-state index >= 15 is 0 Å². The first-order valence-electron chi connectivity index (χ1n) is 7.37. The van der Waals surface area contributed by atoms with Crippen LogP contribution in [0.2, 0.25) is 0 Å². The molecule has 1 aliphatic heterocycles. The van der Waals surface area contributed by atoms with Gasteiger partial charge in [0, 0.05) is 23.2 Å². The van der Waals surface area contributed by atoms with Gasteiger partial charge in [-0.15, -0.1) is 0 Å². The van der Waals surface area contributed by atoms with Crippen LogP contribution in [0.5, 0.6) is 0 Å². The van der Waals surface area contributed by atoms with Crippen LogP contribution in [-0.4, -0.2) is 23.1 Å². The molecule has 0 radical (unpaired) electrons. The molecule has 1 saturated carbocycles. The molecule has 98 valence electrons. The van der Waals surface area contributed by atoms with Crippen LogP contribution < -0.4 is 5.32 Å². The number of aromatic nitrogens is 2. The van der Waals surface area contributed by atoms with Crippen molar-refractivity contribution in [1.29, 1.82) is 0 Å². The van der Waals surface area contributed by atoms with Gasteiger partial charge in [0.05, 0.1) is 0 Å². The number of piperidine rings is 1. The molecule has 0 bridgehead atoms. The third-order valence-electron chi connectivity index (χ3n) is 4.39. The van der Waals surface area contributed by atoms with Crippen molar-refractivity contribution in [3.8, 4) is 0 Å². The first-order chi connectivity index (χ1) is 9.40. The molecule has 2 aliphatic rings. The Morgan fingerprint density at radius 2 is 1.84 bits per heavy atom. The Balaban J connectivity index is 1.68. The molecule has 0 aromatic carbocycles. The number of rotatable bonds is 2. The van der Waals surface area contributed by atoms with E-state index in [2.05, 4.69) is 28.5 Å². The normalized spacial score (nSPS) is 20.8. The van der Waals surface area contributed by atoms with Gasteiger partial charge >= 0.3 is 0 Å². The third-order valence-corrected chi connectivity index (χ3v) is 4.39. The summed E-state index contributed by atoms with van der Waals surface area (Å²) in [5.41, 5.74) is 3.53. The van der Waals surface area contributed by atoms with E-state index in [0.717, 1.165) is 24.7 Å². The first kappa shape index (κ1) is 11.4. The summed E-state index contributed by atoms with van der Waals surface area (Å²) in [6, 6.07) is 6.69. The molecule has 2 aromatic rings. The average molecular weight is 253 g/mol.